The number of fused-ring (bicyclic) bond motifs is 1. The van der Waals surface area contributed by atoms with Crippen molar-refractivity contribution < 1.29 is 14.3 Å². The fourth-order valence-electron chi connectivity index (χ4n) is 2.57. The summed E-state index contributed by atoms with van der Waals surface area (Å²) in [5.41, 5.74) is 1.07. The van der Waals surface area contributed by atoms with Crippen LogP contribution in [0.5, 0.6) is 11.5 Å². The van der Waals surface area contributed by atoms with Crippen LogP contribution in [0.3, 0.4) is 0 Å². The molecule has 0 aliphatic rings. The van der Waals surface area contributed by atoms with Gasteiger partial charge in [0.1, 0.15) is 5.69 Å². The molecule has 2 heterocycles. The third-order valence-electron chi connectivity index (χ3n) is 3.71. The molecule has 0 unspecified atom stereocenters. The third kappa shape index (κ3) is 3.16. The number of urea groups is 1. The van der Waals surface area contributed by atoms with E-state index in [1.165, 1.54) is 25.6 Å². The van der Waals surface area contributed by atoms with Gasteiger partial charge in [0.15, 0.2) is 11.5 Å². The van der Waals surface area contributed by atoms with Crippen molar-refractivity contribution in [3.05, 3.63) is 45.7 Å². The van der Waals surface area contributed by atoms with Gasteiger partial charge < -0.3 is 25.1 Å². The van der Waals surface area contributed by atoms with Gasteiger partial charge in [-0.3, -0.25) is 4.79 Å². The van der Waals surface area contributed by atoms with E-state index in [0.29, 0.717) is 17.2 Å². The molecule has 3 N–H and O–H groups in total. The molecule has 130 valence electrons. The quantitative estimate of drug-likeness (QED) is 0.664. The van der Waals surface area contributed by atoms with Crippen LogP contribution in [0.2, 0.25) is 0 Å². The third-order valence-corrected chi connectivity index (χ3v) is 4.65. The number of nitrogens with one attached hydrogen (secondary N) is 3. The summed E-state index contributed by atoms with van der Waals surface area (Å²) >= 11 is 1.40. The normalized spacial score (nSPS) is 10.5. The highest BCUT2D eigenvalue weighted by Crippen LogP contribution is 2.35. The molecule has 0 aliphatic heterocycles. The lowest BCUT2D eigenvalue weighted by atomic mass is 10.2. The molecule has 2 amide bonds. The van der Waals surface area contributed by atoms with Crippen LogP contribution in [-0.4, -0.2) is 25.2 Å². The smallest absolute Gasteiger partial charge is 0.323 e. The molecule has 0 fully saturated rings. The van der Waals surface area contributed by atoms with Crippen molar-refractivity contribution in [1.82, 2.24) is 4.98 Å². The van der Waals surface area contributed by atoms with Crippen molar-refractivity contribution in [1.29, 1.82) is 0 Å². The molecule has 0 saturated heterocycles. The molecule has 2 aromatic heterocycles. The van der Waals surface area contributed by atoms with E-state index in [9.17, 15) is 9.59 Å². The summed E-state index contributed by atoms with van der Waals surface area (Å²) in [6.45, 7) is 1.82. The fraction of sp³-hybridized carbons (Fsp3) is 0.176. The predicted molar refractivity (Wildman–Crippen MR) is 99.4 cm³/mol. The average molecular weight is 359 g/mol. The van der Waals surface area contributed by atoms with E-state index in [1.807, 2.05) is 18.4 Å². The number of benzene rings is 1. The molecule has 7 nitrogen and oxygen atoms in total. The number of ether oxygens (including phenoxy) is 2. The lowest BCUT2D eigenvalue weighted by Gasteiger charge is -2.14. The maximum absolute atomic E-state index is 12.4. The molecule has 3 aromatic rings. The number of carbonyl (C=O) groups excluding carboxylic acids is 1. The Kier molecular flexibility index (Phi) is 4.62. The van der Waals surface area contributed by atoms with Crippen LogP contribution < -0.4 is 25.7 Å². The first-order valence-electron chi connectivity index (χ1n) is 7.44. The van der Waals surface area contributed by atoms with Crippen LogP contribution in [0.4, 0.5) is 16.2 Å². The van der Waals surface area contributed by atoms with Gasteiger partial charge in [0, 0.05) is 11.1 Å². The molecule has 3 rings (SSSR count). The van der Waals surface area contributed by atoms with Crippen molar-refractivity contribution in [2.24, 2.45) is 0 Å². The highest BCUT2D eigenvalue weighted by Gasteiger charge is 2.16. The fourth-order valence-corrected chi connectivity index (χ4v) is 3.52. The average Bonchev–Trinajstić information content (AvgIpc) is 3.08. The number of carbonyl (C=O) groups is 1. The first-order chi connectivity index (χ1) is 12.0. The Morgan fingerprint density at radius 2 is 1.96 bits per heavy atom. The molecular weight excluding hydrogens is 342 g/mol. The highest BCUT2D eigenvalue weighted by atomic mass is 32.1. The second-order valence-corrected chi connectivity index (χ2v) is 6.15. The largest absolute Gasteiger partial charge is 0.493 e. The summed E-state index contributed by atoms with van der Waals surface area (Å²) in [6.07, 6.45) is 0. The number of thiophene rings is 1. The highest BCUT2D eigenvalue weighted by molar-refractivity contribution is 7.17. The Balaban J connectivity index is 1.90. The minimum atomic E-state index is -0.546. The van der Waals surface area contributed by atoms with Gasteiger partial charge in [0.25, 0.3) is 5.56 Å². The second-order valence-electron chi connectivity index (χ2n) is 5.24. The van der Waals surface area contributed by atoms with Gasteiger partial charge in [-0.2, -0.15) is 0 Å². The van der Waals surface area contributed by atoms with Crippen molar-refractivity contribution in [3.63, 3.8) is 0 Å². The molecule has 25 heavy (non-hydrogen) atoms. The number of rotatable bonds is 4. The van der Waals surface area contributed by atoms with Gasteiger partial charge in [-0.15, -0.1) is 11.3 Å². The Labute approximate surface area is 147 Å². The molecule has 0 saturated carbocycles. The Morgan fingerprint density at radius 3 is 2.68 bits per heavy atom. The van der Waals surface area contributed by atoms with E-state index in [-0.39, 0.29) is 11.2 Å². The minimum absolute atomic E-state index is 0.218. The van der Waals surface area contributed by atoms with E-state index in [4.69, 9.17) is 9.47 Å². The number of aromatic nitrogens is 1. The zero-order valence-electron chi connectivity index (χ0n) is 13.9. The Hall–Kier alpha value is -3.00. The summed E-state index contributed by atoms with van der Waals surface area (Å²) in [6, 6.07) is 6.49. The van der Waals surface area contributed by atoms with Gasteiger partial charge in [-0.25, -0.2) is 4.79 Å². The minimum Gasteiger partial charge on any atom is -0.493 e. The zero-order valence-corrected chi connectivity index (χ0v) is 14.7. The summed E-state index contributed by atoms with van der Waals surface area (Å²) in [5, 5.41) is 8.08. The number of amides is 2. The van der Waals surface area contributed by atoms with E-state index in [1.54, 1.807) is 18.2 Å². The maximum atomic E-state index is 12.4. The Morgan fingerprint density at radius 1 is 1.16 bits per heavy atom. The number of H-pyrrole nitrogens is 1. The van der Waals surface area contributed by atoms with Crippen LogP contribution in [0, 0.1) is 6.92 Å². The van der Waals surface area contributed by atoms with Crippen LogP contribution in [0.15, 0.2) is 34.4 Å². The molecule has 0 radical (unpaired) electrons. The lowest BCUT2D eigenvalue weighted by Crippen LogP contribution is -2.25. The zero-order chi connectivity index (χ0) is 18.0. The van der Waals surface area contributed by atoms with Crippen LogP contribution >= 0.6 is 11.3 Å². The van der Waals surface area contributed by atoms with Gasteiger partial charge in [0.2, 0.25) is 0 Å². The molecule has 0 bridgehead atoms. The van der Waals surface area contributed by atoms with Crippen molar-refractivity contribution >= 4 is 38.8 Å². The number of methoxy groups -OCH3 is 2. The van der Waals surface area contributed by atoms with Crippen LogP contribution in [-0.2, 0) is 0 Å². The van der Waals surface area contributed by atoms with E-state index in [0.717, 1.165) is 15.8 Å². The van der Waals surface area contributed by atoms with Gasteiger partial charge in [-0.1, -0.05) is 6.07 Å². The van der Waals surface area contributed by atoms with Crippen molar-refractivity contribution in [2.75, 3.05) is 24.9 Å². The molecule has 0 spiro atoms. The number of aromatic amines is 1. The summed E-state index contributed by atoms with van der Waals surface area (Å²) in [5.74, 6) is 0.897. The monoisotopic (exact) mass is 359 g/mol. The van der Waals surface area contributed by atoms with Crippen molar-refractivity contribution in [2.45, 2.75) is 6.92 Å². The number of hydrogen-bond acceptors (Lipinski definition) is 5. The molecular formula is C17H17N3O4S. The first kappa shape index (κ1) is 16.8. The van der Waals surface area contributed by atoms with Crippen LogP contribution in [0.1, 0.15) is 5.69 Å². The number of para-hydroxylation sites is 1. The lowest BCUT2D eigenvalue weighted by molar-refractivity contribution is 0.262. The molecule has 0 aliphatic carbocycles. The first-order valence-corrected chi connectivity index (χ1v) is 8.32. The summed E-state index contributed by atoms with van der Waals surface area (Å²) in [4.78, 5) is 27.4. The van der Waals surface area contributed by atoms with E-state index >= 15 is 0 Å². The number of anilines is 2. The Bertz CT molecular complexity index is 993. The summed E-state index contributed by atoms with van der Waals surface area (Å²) in [7, 11) is 3.00. The van der Waals surface area contributed by atoms with E-state index in [2.05, 4.69) is 15.6 Å². The van der Waals surface area contributed by atoms with E-state index < -0.39 is 6.03 Å². The maximum Gasteiger partial charge on any atom is 0.323 e. The summed E-state index contributed by atoms with van der Waals surface area (Å²) < 4.78 is 11.2. The molecule has 8 heteroatoms. The number of pyridine rings is 1. The van der Waals surface area contributed by atoms with Crippen LogP contribution in [0.25, 0.3) is 10.1 Å². The SMILES string of the molecule is COc1cccc(NC(=O)Nc2c(=O)[nH]c(C)c3ccsc23)c1OC. The number of hydrogen-bond donors (Lipinski definition) is 3. The molecule has 0 atom stereocenters. The van der Waals surface area contributed by atoms with Gasteiger partial charge in [-0.05, 0) is 30.5 Å². The second kappa shape index (κ2) is 6.86. The molecule has 1 aromatic carbocycles. The van der Waals surface area contributed by atoms with Crippen molar-refractivity contribution in [3.8, 4) is 11.5 Å². The standard InChI is InChI=1S/C17H17N3O4S/c1-9-10-7-8-25-15(10)13(16(21)18-9)20-17(22)19-11-5-4-6-12(23-2)14(11)24-3/h4-8H,1-3H3,(H,18,21)(H2,19,20,22). The number of aryl methyl sites for hydroxylation is 1. The van der Waals surface area contributed by atoms with Gasteiger partial charge >= 0.3 is 6.03 Å². The predicted octanol–water partition coefficient (Wildman–Crippen LogP) is 3.56. The topological polar surface area (TPSA) is 92.5 Å². The van der Waals surface area contributed by atoms with Gasteiger partial charge in [0.05, 0.1) is 24.6 Å².